The zero-order chi connectivity index (χ0) is 21.9. The van der Waals surface area contributed by atoms with Crippen LogP contribution in [0.5, 0.6) is 5.75 Å². The average molecular weight is 418 g/mol. The van der Waals surface area contributed by atoms with E-state index in [2.05, 4.69) is 10.4 Å². The van der Waals surface area contributed by atoms with Gasteiger partial charge in [-0.1, -0.05) is 30.3 Å². The smallest absolute Gasteiger partial charge is 0.413 e. The van der Waals surface area contributed by atoms with Crippen molar-refractivity contribution in [1.29, 1.82) is 0 Å². The Morgan fingerprint density at radius 3 is 2.33 bits per heavy atom. The Labute approximate surface area is 171 Å². The number of ether oxygens (including phenoxy) is 1. The van der Waals surface area contributed by atoms with Crippen molar-refractivity contribution in [3.8, 4) is 11.4 Å². The predicted molar refractivity (Wildman–Crippen MR) is 107 cm³/mol. The number of benzene rings is 2. The maximum absolute atomic E-state index is 13.9. The lowest BCUT2D eigenvalue weighted by atomic mass is 10.0. The summed E-state index contributed by atoms with van der Waals surface area (Å²) in [4.78, 5) is 12.4. The Morgan fingerprint density at radius 2 is 1.70 bits per heavy atom. The fourth-order valence-electron chi connectivity index (χ4n) is 3.25. The molecule has 0 bridgehead atoms. The Bertz CT molecular complexity index is 1030. The number of urea groups is 1. The van der Waals surface area contributed by atoms with E-state index in [1.807, 2.05) is 5.32 Å². The Kier molecular flexibility index (Phi) is 6.00. The van der Waals surface area contributed by atoms with Crippen LogP contribution in [0, 0.1) is 13.8 Å². The van der Waals surface area contributed by atoms with E-state index >= 15 is 0 Å². The number of rotatable bonds is 5. The van der Waals surface area contributed by atoms with Crippen LogP contribution in [0.15, 0.2) is 54.6 Å². The first-order chi connectivity index (χ1) is 14.2. The highest BCUT2D eigenvalue weighted by Crippen LogP contribution is 2.36. The fraction of sp³-hybridized carbons (Fsp3) is 0.238. The van der Waals surface area contributed by atoms with Gasteiger partial charge in [-0.15, -0.1) is 0 Å². The minimum Gasteiger partial charge on any atom is -0.495 e. The van der Waals surface area contributed by atoms with Crippen LogP contribution in [0.4, 0.5) is 23.7 Å². The van der Waals surface area contributed by atoms with Crippen molar-refractivity contribution in [3.63, 3.8) is 0 Å². The standard InChI is InChI=1S/C21H21F3N4O2/c1-13-18(14(2)28(27-13)15-9-5-4-6-10-15)19(21(22,23)24)26-20(29)25-16-11-7-8-12-17(16)30-3/h4-12,19H,1-3H3,(H2,25,26,29)/t19-/m1/s1. The molecule has 3 rings (SSSR count). The van der Waals surface area contributed by atoms with E-state index in [9.17, 15) is 18.0 Å². The van der Waals surface area contributed by atoms with Crippen molar-refractivity contribution < 1.29 is 22.7 Å². The number of para-hydroxylation sites is 3. The average Bonchev–Trinajstić information content (AvgIpc) is 3.00. The molecule has 2 N–H and O–H groups in total. The molecule has 0 saturated heterocycles. The second-order valence-corrected chi connectivity index (χ2v) is 6.61. The number of carbonyl (C=O) groups excluding carboxylic acids is 1. The number of hydrogen-bond acceptors (Lipinski definition) is 3. The summed E-state index contributed by atoms with van der Waals surface area (Å²) in [6.45, 7) is 3.03. The number of carbonyl (C=O) groups is 1. The number of aromatic nitrogens is 2. The van der Waals surface area contributed by atoms with Gasteiger partial charge < -0.3 is 15.4 Å². The molecule has 2 aromatic carbocycles. The molecule has 0 aliphatic carbocycles. The van der Waals surface area contributed by atoms with E-state index in [0.717, 1.165) is 0 Å². The Morgan fingerprint density at radius 1 is 1.07 bits per heavy atom. The summed E-state index contributed by atoms with van der Waals surface area (Å²) in [6.07, 6.45) is -4.72. The van der Waals surface area contributed by atoms with Gasteiger partial charge >= 0.3 is 12.2 Å². The van der Waals surface area contributed by atoms with Gasteiger partial charge in [0.2, 0.25) is 0 Å². The Balaban J connectivity index is 1.92. The van der Waals surface area contributed by atoms with Gasteiger partial charge in [-0.25, -0.2) is 9.48 Å². The van der Waals surface area contributed by atoms with Crippen molar-refractivity contribution in [2.45, 2.75) is 26.1 Å². The summed E-state index contributed by atoms with van der Waals surface area (Å²) in [7, 11) is 1.40. The number of anilines is 1. The van der Waals surface area contributed by atoms with Crippen molar-refractivity contribution in [3.05, 3.63) is 71.5 Å². The molecular formula is C21H21F3N4O2. The van der Waals surface area contributed by atoms with Gasteiger partial charge in [-0.2, -0.15) is 18.3 Å². The minimum atomic E-state index is -4.72. The first-order valence-corrected chi connectivity index (χ1v) is 9.11. The number of amides is 2. The van der Waals surface area contributed by atoms with Gasteiger partial charge in [0.15, 0.2) is 6.04 Å². The van der Waals surface area contributed by atoms with Crippen LogP contribution in [-0.4, -0.2) is 29.1 Å². The third kappa shape index (κ3) is 4.40. The number of alkyl halides is 3. The zero-order valence-corrected chi connectivity index (χ0v) is 16.6. The van der Waals surface area contributed by atoms with Gasteiger partial charge in [0.1, 0.15) is 5.75 Å². The highest BCUT2D eigenvalue weighted by atomic mass is 19.4. The summed E-state index contributed by atoms with van der Waals surface area (Å²) in [5, 5.41) is 8.70. The van der Waals surface area contributed by atoms with Crippen LogP contribution < -0.4 is 15.4 Å². The maximum atomic E-state index is 13.9. The molecular weight excluding hydrogens is 397 g/mol. The lowest BCUT2D eigenvalue weighted by molar-refractivity contribution is -0.155. The largest absolute Gasteiger partial charge is 0.495 e. The number of aryl methyl sites for hydroxylation is 1. The van der Waals surface area contributed by atoms with Crippen molar-refractivity contribution in [2.75, 3.05) is 12.4 Å². The lowest BCUT2D eigenvalue weighted by Crippen LogP contribution is -2.41. The molecule has 6 nitrogen and oxygen atoms in total. The summed E-state index contributed by atoms with van der Waals surface area (Å²) >= 11 is 0. The fourth-order valence-corrected chi connectivity index (χ4v) is 3.25. The van der Waals surface area contributed by atoms with E-state index < -0.39 is 18.2 Å². The summed E-state index contributed by atoms with van der Waals surface area (Å²) in [5.41, 5.74) is 1.26. The predicted octanol–water partition coefficient (Wildman–Crippen LogP) is 4.92. The minimum absolute atomic E-state index is 0.0958. The number of hydrogen-bond donors (Lipinski definition) is 2. The molecule has 0 unspecified atom stereocenters. The van der Waals surface area contributed by atoms with Crippen molar-refractivity contribution >= 4 is 11.7 Å². The van der Waals surface area contributed by atoms with Gasteiger partial charge in [0, 0.05) is 11.3 Å². The number of halogens is 3. The highest BCUT2D eigenvalue weighted by Gasteiger charge is 2.44. The van der Waals surface area contributed by atoms with Crippen molar-refractivity contribution in [1.82, 2.24) is 15.1 Å². The van der Waals surface area contributed by atoms with Crippen LogP contribution in [0.1, 0.15) is 23.0 Å². The van der Waals surface area contributed by atoms with Crippen LogP contribution in [0.3, 0.4) is 0 Å². The maximum Gasteiger partial charge on any atom is 0.413 e. The zero-order valence-electron chi connectivity index (χ0n) is 16.6. The highest BCUT2D eigenvalue weighted by molar-refractivity contribution is 5.91. The molecule has 9 heteroatoms. The van der Waals surface area contributed by atoms with Crippen molar-refractivity contribution in [2.24, 2.45) is 0 Å². The number of methoxy groups -OCH3 is 1. The van der Waals surface area contributed by atoms with E-state index in [4.69, 9.17) is 4.74 Å². The van der Waals surface area contributed by atoms with Gasteiger partial charge in [-0.3, -0.25) is 0 Å². The van der Waals surface area contributed by atoms with E-state index in [-0.39, 0.29) is 16.9 Å². The molecule has 1 heterocycles. The molecule has 1 atom stereocenters. The lowest BCUT2D eigenvalue weighted by Gasteiger charge is -2.23. The Hall–Kier alpha value is -3.49. The second kappa shape index (κ2) is 8.48. The molecule has 0 saturated carbocycles. The quantitative estimate of drug-likeness (QED) is 0.618. The number of nitrogens with zero attached hydrogens (tertiary/aromatic N) is 2. The summed E-state index contributed by atoms with van der Waals surface area (Å²) < 4.78 is 48.3. The molecule has 1 aromatic heterocycles. The molecule has 0 aliphatic rings. The van der Waals surface area contributed by atoms with Gasteiger partial charge in [-0.05, 0) is 38.1 Å². The second-order valence-electron chi connectivity index (χ2n) is 6.61. The SMILES string of the molecule is COc1ccccc1NC(=O)N[C@H](c1c(C)nn(-c2ccccc2)c1C)C(F)(F)F. The number of nitrogens with one attached hydrogen (secondary N) is 2. The van der Waals surface area contributed by atoms with Crippen LogP contribution in [-0.2, 0) is 0 Å². The molecule has 158 valence electrons. The monoisotopic (exact) mass is 418 g/mol. The molecule has 0 fully saturated rings. The normalized spacial score (nSPS) is 12.3. The van der Waals surface area contributed by atoms with E-state index in [1.54, 1.807) is 55.5 Å². The molecule has 0 radical (unpaired) electrons. The van der Waals surface area contributed by atoms with Gasteiger partial charge in [0.25, 0.3) is 0 Å². The first kappa shape index (κ1) is 21.2. The molecule has 0 spiro atoms. The van der Waals surface area contributed by atoms with E-state index in [0.29, 0.717) is 17.1 Å². The first-order valence-electron chi connectivity index (χ1n) is 9.11. The topological polar surface area (TPSA) is 68.2 Å². The van der Waals surface area contributed by atoms with Crippen LogP contribution in [0.2, 0.25) is 0 Å². The summed E-state index contributed by atoms with van der Waals surface area (Å²) in [6, 6.07) is 12.0. The molecule has 2 amide bonds. The van der Waals surface area contributed by atoms with E-state index in [1.165, 1.54) is 24.8 Å². The van der Waals surface area contributed by atoms with Crippen LogP contribution in [0.25, 0.3) is 5.69 Å². The molecule has 3 aromatic rings. The van der Waals surface area contributed by atoms with Crippen LogP contribution >= 0.6 is 0 Å². The third-order valence-corrected chi connectivity index (χ3v) is 4.59. The molecule has 30 heavy (non-hydrogen) atoms. The summed E-state index contributed by atoms with van der Waals surface area (Å²) in [5.74, 6) is 0.334. The third-order valence-electron chi connectivity index (χ3n) is 4.59. The van der Waals surface area contributed by atoms with Gasteiger partial charge in [0.05, 0.1) is 24.2 Å². The molecule has 0 aliphatic heterocycles.